The Morgan fingerprint density at radius 3 is 2.80 bits per heavy atom. The van der Waals surface area contributed by atoms with E-state index in [9.17, 15) is 4.79 Å². The van der Waals surface area contributed by atoms with Crippen LogP contribution in [0.4, 0.5) is 0 Å². The van der Waals surface area contributed by atoms with Gasteiger partial charge in [0.05, 0.1) is 13.2 Å². The number of hydrogen-bond donors (Lipinski definition) is 0. The third-order valence-electron chi connectivity index (χ3n) is 5.71. The van der Waals surface area contributed by atoms with Crippen molar-refractivity contribution in [2.45, 2.75) is 31.3 Å². The summed E-state index contributed by atoms with van der Waals surface area (Å²) in [7, 11) is 0. The van der Waals surface area contributed by atoms with Crippen molar-refractivity contribution in [2.75, 3.05) is 26.3 Å². The third-order valence-corrected chi connectivity index (χ3v) is 6.85. The predicted octanol–water partition coefficient (Wildman–Crippen LogP) is 3.39. The molecule has 4 heterocycles. The van der Waals surface area contributed by atoms with Gasteiger partial charge in [-0.3, -0.25) is 4.79 Å². The minimum absolute atomic E-state index is 0.131. The van der Waals surface area contributed by atoms with E-state index in [1.165, 1.54) is 10.4 Å². The fraction of sp³-hybridized carbons (Fsp3) is 0.450. The summed E-state index contributed by atoms with van der Waals surface area (Å²) < 4.78 is 11.8. The van der Waals surface area contributed by atoms with Crippen molar-refractivity contribution in [3.8, 4) is 5.75 Å². The molecule has 0 N–H and O–H groups in total. The lowest BCUT2D eigenvalue weighted by Crippen LogP contribution is -2.47. The maximum absolute atomic E-state index is 12.9. The highest BCUT2D eigenvalue weighted by Gasteiger charge is 2.42. The monoisotopic (exact) mass is 355 g/mol. The molecule has 130 valence electrons. The van der Waals surface area contributed by atoms with E-state index in [2.05, 4.69) is 11.4 Å². The molecule has 2 aromatic rings. The second-order valence-electron chi connectivity index (χ2n) is 7.08. The van der Waals surface area contributed by atoms with Crippen molar-refractivity contribution in [1.82, 2.24) is 4.90 Å². The summed E-state index contributed by atoms with van der Waals surface area (Å²) in [6, 6.07) is 8.06. The van der Waals surface area contributed by atoms with Gasteiger partial charge < -0.3 is 14.4 Å². The van der Waals surface area contributed by atoms with E-state index in [1.807, 2.05) is 34.4 Å². The quantitative estimate of drug-likeness (QED) is 0.787. The first-order chi connectivity index (χ1) is 12.3. The van der Waals surface area contributed by atoms with E-state index in [-0.39, 0.29) is 11.5 Å². The summed E-state index contributed by atoms with van der Waals surface area (Å²) in [6.07, 6.45) is 3.69. The van der Waals surface area contributed by atoms with Gasteiger partial charge in [0, 0.05) is 30.0 Å². The van der Waals surface area contributed by atoms with Crippen molar-refractivity contribution in [3.05, 3.63) is 51.2 Å². The van der Waals surface area contributed by atoms with E-state index < -0.39 is 0 Å². The van der Waals surface area contributed by atoms with Gasteiger partial charge in [0.2, 0.25) is 0 Å². The number of amides is 1. The number of benzene rings is 1. The lowest BCUT2D eigenvalue weighted by Gasteiger charge is -2.43. The van der Waals surface area contributed by atoms with Crippen molar-refractivity contribution in [2.24, 2.45) is 0 Å². The Hall–Kier alpha value is -1.85. The summed E-state index contributed by atoms with van der Waals surface area (Å²) in [6.45, 7) is 3.02. The van der Waals surface area contributed by atoms with Crippen LogP contribution in [0.25, 0.3) is 0 Å². The van der Waals surface area contributed by atoms with Crippen LogP contribution in [0.15, 0.2) is 29.6 Å². The maximum atomic E-state index is 12.9. The summed E-state index contributed by atoms with van der Waals surface area (Å²) in [5, 5.41) is 2.17. The molecule has 1 amide bonds. The standard InChI is InChI=1S/C20H21NO3S/c22-19(16-1-2-17-15(13-16)3-10-23-17)21-8-6-20(7-9-21)18-14(4-11-24-20)5-12-25-18/h1-2,5,12-13H,3-4,6-11H2. The van der Waals surface area contributed by atoms with Gasteiger partial charge in [0.25, 0.3) is 5.91 Å². The molecule has 1 aromatic carbocycles. The number of ether oxygens (including phenoxy) is 2. The van der Waals surface area contributed by atoms with Gasteiger partial charge >= 0.3 is 0 Å². The summed E-state index contributed by atoms with van der Waals surface area (Å²) in [5.74, 6) is 1.06. The first-order valence-corrected chi connectivity index (χ1v) is 9.89. The molecular weight excluding hydrogens is 334 g/mol. The Bertz CT molecular complexity index is 820. The lowest BCUT2D eigenvalue weighted by atomic mass is 9.85. The van der Waals surface area contributed by atoms with E-state index in [4.69, 9.17) is 9.47 Å². The molecule has 4 nitrogen and oxygen atoms in total. The number of nitrogens with zero attached hydrogens (tertiary/aromatic N) is 1. The Labute approximate surface area is 151 Å². The molecule has 3 aliphatic heterocycles. The van der Waals surface area contributed by atoms with E-state index in [0.29, 0.717) is 0 Å². The minimum atomic E-state index is -0.162. The number of piperidine rings is 1. The Balaban J connectivity index is 1.33. The second kappa shape index (κ2) is 5.85. The second-order valence-corrected chi connectivity index (χ2v) is 8.00. The number of fused-ring (bicyclic) bond motifs is 3. The van der Waals surface area contributed by atoms with Crippen LogP contribution in [0.1, 0.15) is 39.2 Å². The average molecular weight is 355 g/mol. The van der Waals surface area contributed by atoms with Crippen LogP contribution < -0.4 is 4.74 Å². The first kappa shape index (κ1) is 15.4. The number of rotatable bonds is 1. The van der Waals surface area contributed by atoms with Crippen LogP contribution >= 0.6 is 11.3 Å². The van der Waals surface area contributed by atoms with Crippen LogP contribution in [0, 0.1) is 0 Å². The molecule has 5 rings (SSSR count). The van der Waals surface area contributed by atoms with Crippen molar-refractivity contribution in [3.63, 3.8) is 0 Å². The van der Waals surface area contributed by atoms with Crippen LogP contribution in [-0.4, -0.2) is 37.1 Å². The molecular formula is C20H21NO3S. The van der Waals surface area contributed by atoms with E-state index in [1.54, 1.807) is 0 Å². The lowest BCUT2D eigenvalue weighted by molar-refractivity contribution is -0.0906. The molecule has 1 aromatic heterocycles. The van der Waals surface area contributed by atoms with Gasteiger partial charge in [-0.15, -0.1) is 11.3 Å². The molecule has 0 aliphatic carbocycles. The Morgan fingerprint density at radius 1 is 1.08 bits per heavy atom. The number of likely N-dealkylation sites (tertiary alicyclic amines) is 1. The largest absolute Gasteiger partial charge is 0.493 e. The van der Waals surface area contributed by atoms with Gasteiger partial charge in [-0.2, -0.15) is 0 Å². The highest BCUT2D eigenvalue weighted by molar-refractivity contribution is 7.10. The molecule has 0 atom stereocenters. The zero-order valence-corrected chi connectivity index (χ0v) is 14.9. The summed E-state index contributed by atoms with van der Waals surface area (Å²) >= 11 is 1.81. The van der Waals surface area contributed by atoms with Gasteiger partial charge in [-0.25, -0.2) is 0 Å². The normalized spacial score (nSPS) is 20.9. The summed E-state index contributed by atoms with van der Waals surface area (Å²) in [4.78, 5) is 16.3. The van der Waals surface area contributed by atoms with E-state index >= 15 is 0 Å². The van der Waals surface area contributed by atoms with Crippen molar-refractivity contribution in [1.29, 1.82) is 0 Å². The molecule has 3 aliphatic rings. The fourth-order valence-electron chi connectivity index (χ4n) is 4.30. The number of carbonyl (C=O) groups excluding carboxylic acids is 1. The van der Waals surface area contributed by atoms with Crippen LogP contribution in [-0.2, 0) is 23.2 Å². The minimum Gasteiger partial charge on any atom is -0.493 e. The fourth-order valence-corrected chi connectivity index (χ4v) is 5.47. The molecule has 1 saturated heterocycles. The summed E-state index contributed by atoms with van der Waals surface area (Å²) in [5.41, 5.74) is 3.21. The highest BCUT2D eigenvalue weighted by Crippen LogP contribution is 2.44. The van der Waals surface area contributed by atoms with Gasteiger partial charge in [0.1, 0.15) is 11.4 Å². The number of carbonyl (C=O) groups is 1. The smallest absolute Gasteiger partial charge is 0.253 e. The van der Waals surface area contributed by atoms with Gasteiger partial charge in [-0.05, 0) is 60.0 Å². The average Bonchev–Trinajstić information content (AvgIpc) is 3.31. The first-order valence-electron chi connectivity index (χ1n) is 9.01. The molecule has 0 bridgehead atoms. The SMILES string of the molecule is O=C(c1ccc2c(c1)CCO2)N1CCC2(CC1)OCCc1ccsc12. The number of hydrogen-bond acceptors (Lipinski definition) is 4. The van der Waals surface area contributed by atoms with Gasteiger partial charge in [0.15, 0.2) is 0 Å². The maximum Gasteiger partial charge on any atom is 0.253 e. The topological polar surface area (TPSA) is 38.8 Å². The molecule has 0 saturated carbocycles. The molecule has 25 heavy (non-hydrogen) atoms. The molecule has 0 radical (unpaired) electrons. The Kier molecular flexibility index (Phi) is 3.61. The van der Waals surface area contributed by atoms with Crippen molar-refractivity contribution < 1.29 is 14.3 Å². The molecule has 1 fully saturated rings. The molecule has 1 spiro atoms. The predicted molar refractivity (Wildman–Crippen MR) is 96.4 cm³/mol. The Morgan fingerprint density at radius 2 is 1.92 bits per heavy atom. The van der Waals surface area contributed by atoms with Crippen LogP contribution in [0.5, 0.6) is 5.75 Å². The zero-order chi connectivity index (χ0) is 16.9. The van der Waals surface area contributed by atoms with Gasteiger partial charge in [-0.1, -0.05) is 0 Å². The number of thiophene rings is 1. The van der Waals surface area contributed by atoms with Crippen LogP contribution in [0.3, 0.4) is 0 Å². The van der Waals surface area contributed by atoms with Crippen LogP contribution in [0.2, 0.25) is 0 Å². The third kappa shape index (κ3) is 2.49. The van der Waals surface area contributed by atoms with Crippen molar-refractivity contribution >= 4 is 17.2 Å². The highest BCUT2D eigenvalue weighted by atomic mass is 32.1. The zero-order valence-electron chi connectivity index (χ0n) is 14.1. The molecule has 5 heteroatoms. The molecule has 0 unspecified atom stereocenters. The van der Waals surface area contributed by atoms with E-state index in [0.717, 1.165) is 68.9 Å².